The SMILES string of the molecule is CCCCCCCC/C(CC)=N\N1CC1c1ccccc1. The molecule has 0 amide bonds. The molecule has 2 heteroatoms. The maximum atomic E-state index is 4.85. The largest absolute Gasteiger partial charge is 0.285 e. The molecule has 0 radical (unpaired) electrons. The lowest BCUT2D eigenvalue weighted by molar-refractivity contribution is 0.544. The number of hydrogen-bond acceptors (Lipinski definition) is 2. The topological polar surface area (TPSA) is 15.4 Å². The summed E-state index contributed by atoms with van der Waals surface area (Å²) in [6.45, 7) is 5.59. The molecule has 1 aromatic rings. The minimum absolute atomic E-state index is 0.525. The summed E-state index contributed by atoms with van der Waals surface area (Å²) < 4.78 is 0. The van der Waals surface area contributed by atoms with Crippen LogP contribution in [0.25, 0.3) is 0 Å². The Kier molecular flexibility index (Phi) is 6.78. The molecule has 0 saturated carbocycles. The molecular weight excluding hydrogens is 256 g/mol. The lowest BCUT2D eigenvalue weighted by Crippen LogP contribution is -2.01. The second kappa shape index (κ2) is 8.86. The average Bonchev–Trinajstić information content (AvgIpc) is 3.29. The number of hydrazone groups is 1. The molecule has 0 spiro atoms. The first-order chi connectivity index (χ1) is 10.3. The predicted octanol–water partition coefficient (Wildman–Crippen LogP) is 5.56. The third-order valence-electron chi connectivity index (χ3n) is 4.27. The third-order valence-corrected chi connectivity index (χ3v) is 4.27. The van der Waals surface area contributed by atoms with Crippen LogP contribution >= 0.6 is 0 Å². The van der Waals surface area contributed by atoms with Gasteiger partial charge in [0.2, 0.25) is 0 Å². The first kappa shape index (κ1) is 16.1. The van der Waals surface area contributed by atoms with E-state index in [1.165, 1.54) is 56.2 Å². The molecule has 1 aliphatic rings. The molecule has 2 rings (SSSR count). The Morgan fingerprint density at radius 3 is 2.48 bits per heavy atom. The van der Waals surface area contributed by atoms with Gasteiger partial charge in [0.1, 0.15) is 0 Å². The highest BCUT2D eigenvalue weighted by atomic mass is 15.6. The van der Waals surface area contributed by atoms with Gasteiger partial charge in [-0.15, -0.1) is 0 Å². The summed E-state index contributed by atoms with van der Waals surface area (Å²) in [5.74, 6) is 0. The molecule has 1 fully saturated rings. The monoisotopic (exact) mass is 286 g/mol. The standard InChI is InChI=1S/C19H30N2/c1-3-5-6-7-8-12-15-18(4-2)20-21-16-19(21)17-13-10-9-11-14-17/h9-11,13-14,19H,3-8,12,15-16H2,1-2H3/b20-18-. The molecule has 1 saturated heterocycles. The molecule has 1 heterocycles. The maximum absolute atomic E-state index is 4.85. The summed E-state index contributed by atoms with van der Waals surface area (Å²) in [6.07, 6.45) is 10.5. The van der Waals surface area contributed by atoms with Crippen LogP contribution in [0.5, 0.6) is 0 Å². The van der Waals surface area contributed by atoms with Crippen molar-refractivity contribution in [3.05, 3.63) is 35.9 Å². The number of rotatable bonds is 10. The van der Waals surface area contributed by atoms with Crippen LogP contribution in [0.3, 0.4) is 0 Å². The van der Waals surface area contributed by atoms with Gasteiger partial charge < -0.3 is 0 Å². The van der Waals surface area contributed by atoms with Crippen molar-refractivity contribution in [3.8, 4) is 0 Å². The Bertz CT molecular complexity index is 424. The van der Waals surface area contributed by atoms with E-state index in [2.05, 4.69) is 49.2 Å². The van der Waals surface area contributed by atoms with Gasteiger partial charge in [0.05, 0.1) is 12.6 Å². The van der Waals surface area contributed by atoms with E-state index < -0.39 is 0 Å². The first-order valence-corrected chi connectivity index (χ1v) is 8.73. The molecule has 21 heavy (non-hydrogen) atoms. The van der Waals surface area contributed by atoms with E-state index in [0.29, 0.717) is 6.04 Å². The van der Waals surface area contributed by atoms with Crippen molar-refractivity contribution >= 4 is 5.71 Å². The molecule has 0 N–H and O–H groups in total. The van der Waals surface area contributed by atoms with Crippen LogP contribution in [0.2, 0.25) is 0 Å². The lowest BCUT2D eigenvalue weighted by Gasteiger charge is -2.06. The second-order valence-corrected chi connectivity index (χ2v) is 6.09. The average molecular weight is 286 g/mol. The van der Waals surface area contributed by atoms with Crippen LogP contribution in [0.15, 0.2) is 35.4 Å². The van der Waals surface area contributed by atoms with Gasteiger partial charge in [-0.2, -0.15) is 5.10 Å². The fraction of sp³-hybridized carbons (Fsp3) is 0.632. The predicted molar refractivity (Wildman–Crippen MR) is 91.6 cm³/mol. The fourth-order valence-electron chi connectivity index (χ4n) is 2.78. The summed E-state index contributed by atoms with van der Waals surface area (Å²) in [5.41, 5.74) is 2.78. The number of unbranched alkanes of at least 4 members (excludes halogenated alkanes) is 5. The smallest absolute Gasteiger partial charge is 0.0912 e. The highest BCUT2D eigenvalue weighted by Crippen LogP contribution is 2.35. The van der Waals surface area contributed by atoms with Gasteiger partial charge in [-0.1, -0.05) is 76.3 Å². The highest BCUT2D eigenvalue weighted by Gasteiger charge is 2.34. The van der Waals surface area contributed by atoms with Gasteiger partial charge in [-0.3, -0.25) is 5.01 Å². The van der Waals surface area contributed by atoms with Crippen LogP contribution < -0.4 is 0 Å². The molecule has 0 bridgehead atoms. The van der Waals surface area contributed by atoms with E-state index in [-0.39, 0.29) is 0 Å². The Hall–Kier alpha value is -1.31. The summed E-state index contributed by atoms with van der Waals surface area (Å²) in [5, 5.41) is 7.09. The number of hydrogen-bond donors (Lipinski definition) is 0. The minimum Gasteiger partial charge on any atom is -0.285 e. The zero-order valence-corrected chi connectivity index (χ0v) is 13.7. The zero-order chi connectivity index (χ0) is 14.9. The number of nitrogens with zero attached hydrogens (tertiary/aromatic N) is 2. The van der Waals surface area contributed by atoms with Crippen molar-refractivity contribution in [2.75, 3.05) is 6.54 Å². The van der Waals surface area contributed by atoms with Crippen molar-refractivity contribution in [3.63, 3.8) is 0 Å². The van der Waals surface area contributed by atoms with Gasteiger partial charge in [0.15, 0.2) is 0 Å². The molecule has 2 nitrogen and oxygen atoms in total. The Labute approximate surface area is 130 Å². The summed E-state index contributed by atoms with van der Waals surface area (Å²) in [6, 6.07) is 11.3. The van der Waals surface area contributed by atoms with Crippen LogP contribution in [0, 0.1) is 0 Å². The normalized spacial score (nSPS) is 18.1. The summed E-state index contributed by atoms with van der Waals surface area (Å²) >= 11 is 0. The molecule has 1 unspecified atom stereocenters. The highest BCUT2D eigenvalue weighted by molar-refractivity contribution is 5.84. The van der Waals surface area contributed by atoms with Crippen molar-refractivity contribution in [1.29, 1.82) is 0 Å². The second-order valence-electron chi connectivity index (χ2n) is 6.09. The molecule has 1 atom stereocenters. The molecule has 0 aromatic heterocycles. The Morgan fingerprint density at radius 2 is 1.76 bits per heavy atom. The first-order valence-electron chi connectivity index (χ1n) is 8.73. The van der Waals surface area contributed by atoms with Gasteiger partial charge in [-0.05, 0) is 24.8 Å². The molecule has 1 aliphatic heterocycles. The Balaban J connectivity index is 1.70. The van der Waals surface area contributed by atoms with Crippen molar-refractivity contribution in [2.24, 2.45) is 5.10 Å². The fourth-order valence-corrected chi connectivity index (χ4v) is 2.78. The van der Waals surface area contributed by atoms with E-state index in [1.54, 1.807) is 0 Å². The van der Waals surface area contributed by atoms with Gasteiger partial charge in [-0.25, -0.2) is 0 Å². The summed E-state index contributed by atoms with van der Waals surface area (Å²) in [7, 11) is 0. The van der Waals surface area contributed by atoms with Crippen LogP contribution in [0.1, 0.15) is 76.8 Å². The maximum Gasteiger partial charge on any atom is 0.0912 e. The van der Waals surface area contributed by atoms with E-state index in [4.69, 9.17) is 5.10 Å². The molecule has 116 valence electrons. The van der Waals surface area contributed by atoms with E-state index in [1.807, 2.05) is 0 Å². The van der Waals surface area contributed by atoms with Gasteiger partial charge in [0.25, 0.3) is 0 Å². The molecule has 0 aliphatic carbocycles. The van der Waals surface area contributed by atoms with Gasteiger partial charge in [0, 0.05) is 5.71 Å². The van der Waals surface area contributed by atoms with Crippen molar-refractivity contribution in [2.45, 2.75) is 71.3 Å². The number of benzene rings is 1. The van der Waals surface area contributed by atoms with Crippen molar-refractivity contribution < 1.29 is 0 Å². The van der Waals surface area contributed by atoms with E-state index in [9.17, 15) is 0 Å². The molecule has 1 aromatic carbocycles. The van der Waals surface area contributed by atoms with Crippen molar-refractivity contribution in [1.82, 2.24) is 5.01 Å². The quantitative estimate of drug-likeness (QED) is 0.312. The van der Waals surface area contributed by atoms with Crippen LogP contribution in [0.4, 0.5) is 0 Å². The van der Waals surface area contributed by atoms with Gasteiger partial charge >= 0.3 is 0 Å². The lowest BCUT2D eigenvalue weighted by atomic mass is 10.1. The van der Waals surface area contributed by atoms with Crippen LogP contribution in [-0.2, 0) is 0 Å². The Morgan fingerprint density at radius 1 is 1.05 bits per heavy atom. The minimum atomic E-state index is 0.525. The third kappa shape index (κ3) is 5.53. The zero-order valence-electron chi connectivity index (χ0n) is 13.7. The van der Waals surface area contributed by atoms with E-state index in [0.717, 1.165) is 13.0 Å². The molecular formula is C19H30N2. The van der Waals surface area contributed by atoms with E-state index >= 15 is 0 Å². The summed E-state index contributed by atoms with van der Waals surface area (Å²) in [4.78, 5) is 0. The van der Waals surface area contributed by atoms with Crippen LogP contribution in [-0.4, -0.2) is 17.3 Å².